The molecule has 9 nitrogen and oxygen atoms in total. The average molecular weight is 566 g/mol. The van der Waals surface area contributed by atoms with Gasteiger partial charge in [-0.15, -0.1) is 0 Å². The third kappa shape index (κ3) is 14.3. The molecule has 9 heteroatoms. The zero-order valence-electron chi connectivity index (χ0n) is 27.1. The fourth-order valence-corrected chi connectivity index (χ4v) is 4.73. The number of amides is 4. The van der Waals surface area contributed by atoms with Crippen LogP contribution < -0.4 is 10.6 Å². The first kappa shape index (κ1) is 37.6. The molecule has 0 aromatic heterocycles. The number of nitrogens with zero attached hydrogens (tertiary/aromatic N) is 3. The van der Waals surface area contributed by atoms with Crippen molar-refractivity contribution in [3.63, 3.8) is 0 Å². The number of carbonyl (C=O) groups excluding carboxylic acids is 4. The molecule has 232 valence electrons. The van der Waals surface area contributed by atoms with Crippen LogP contribution in [0, 0.1) is 11.8 Å². The molecule has 0 aromatic rings. The number of piperidine rings is 1. The first-order chi connectivity index (χ1) is 18.8. The number of likely N-dealkylation sites (tertiary alicyclic amines) is 2. The summed E-state index contributed by atoms with van der Waals surface area (Å²) in [5.41, 5.74) is 0.507. The number of hydrogen-bond donors (Lipinski definition) is 2. The summed E-state index contributed by atoms with van der Waals surface area (Å²) < 4.78 is 0. The van der Waals surface area contributed by atoms with Crippen molar-refractivity contribution in [3.8, 4) is 0 Å². The molecule has 0 aliphatic carbocycles. The van der Waals surface area contributed by atoms with E-state index < -0.39 is 6.04 Å². The van der Waals surface area contributed by atoms with Crippen molar-refractivity contribution in [1.82, 2.24) is 25.3 Å². The Morgan fingerprint density at radius 2 is 1.52 bits per heavy atom. The molecule has 0 spiro atoms. The van der Waals surface area contributed by atoms with E-state index in [9.17, 15) is 19.2 Å². The minimum Gasteiger partial charge on any atom is -0.355 e. The van der Waals surface area contributed by atoms with E-state index in [1.165, 1.54) is 37.3 Å². The third-order valence-electron chi connectivity index (χ3n) is 6.91. The van der Waals surface area contributed by atoms with Crippen LogP contribution in [-0.2, 0) is 19.2 Å². The van der Waals surface area contributed by atoms with Crippen molar-refractivity contribution in [2.45, 2.75) is 113 Å². The average Bonchev–Trinajstić information content (AvgIpc) is 3.40. The second-order valence-electron chi connectivity index (χ2n) is 12.1. The molecule has 0 aromatic carbocycles. The van der Waals surface area contributed by atoms with Crippen LogP contribution in [0.2, 0.25) is 0 Å². The molecule has 2 atom stereocenters. The van der Waals surface area contributed by atoms with E-state index in [-0.39, 0.29) is 36.2 Å². The Hall–Kier alpha value is -2.42. The van der Waals surface area contributed by atoms with Crippen LogP contribution in [0.1, 0.15) is 94.4 Å². The highest BCUT2D eigenvalue weighted by Crippen LogP contribution is 2.21. The molecular formula is C31H59N5O4. The minimum atomic E-state index is -0.436. The number of hydrogen-bond acceptors (Lipinski definition) is 5. The van der Waals surface area contributed by atoms with E-state index >= 15 is 0 Å². The van der Waals surface area contributed by atoms with Crippen molar-refractivity contribution in [3.05, 3.63) is 11.6 Å². The maximum atomic E-state index is 12.9. The van der Waals surface area contributed by atoms with Crippen LogP contribution in [0.5, 0.6) is 0 Å². The standard InChI is InChI=1S/C19H32N4O4.C8H17N.C4H10/c1-6-21-18(26)15-8-7-9-23(15)19(27)14(4)10-16(13(2)3)22(5)17(25)11-20-12-24;1-8(2)9-6-4-3-5-7-9;1-4(2)3/h10,12-13,15-16H,6-9,11H2,1-5H3,(H,20,24)(H,21,26);8H,3-7H2,1-2H3;4H,1-3H3/b14-10+;;/t15-,16?;;/m0../s1. The zero-order chi connectivity index (χ0) is 30.8. The van der Waals surface area contributed by atoms with Gasteiger partial charge in [-0.3, -0.25) is 19.2 Å². The van der Waals surface area contributed by atoms with Crippen LogP contribution >= 0.6 is 0 Å². The predicted octanol–water partition coefficient (Wildman–Crippen LogP) is 3.83. The lowest BCUT2D eigenvalue weighted by atomic mass is 9.99. The summed E-state index contributed by atoms with van der Waals surface area (Å²) >= 11 is 0. The lowest BCUT2D eigenvalue weighted by molar-refractivity contribution is -0.135. The molecule has 0 bridgehead atoms. The van der Waals surface area contributed by atoms with Gasteiger partial charge in [0.25, 0.3) is 0 Å². The van der Waals surface area contributed by atoms with Gasteiger partial charge < -0.3 is 25.3 Å². The zero-order valence-corrected chi connectivity index (χ0v) is 27.1. The van der Waals surface area contributed by atoms with Gasteiger partial charge in [0.05, 0.1) is 12.6 Å². The van der Waals surface area contributed by atoms with Crippen molar-refractivity contribution < 1.29 is 19.2 Å². The predicted molar refractivity (Wildman–Crippen MR) is 164 cm³/mol. The van der Waals surface area contributed by atoms with Gasteiger partial charge in [0, 0.05) is 31.8 Å². The molecule has 1 unspecified atom stereocenters. The first-order valence-electron chi connectivity index (χ1n) is 15.2. The number of rotatable bonds is 10. The van der Waals surface area contributed by atoms with E-state index in [1.54, 1.807) is 24.9 Å². The van der Waals surface area contributed by atoms with E-state index in [0.29, 0.717) is 31.5 Å². The largest absolute Gasteiger partial charge is 0.355 e. The molecule has 0 saturated carbocycles. The van der Waals surface area contributed by atoms with Crippen LogP contribution in [0.3, 0.4) is 0 Å². The fourth-order valence-electron chi connectivity index (χ4n) is 4.73. The number of nitrogens with one attached hydrogen (secondary N) is 2. The summed E-state index contributed by atoms with van der Waals surface area (Å²) in [5.74, 6) is 0.374. The molecule has 2 heterocycles. The summed E-state index contributed by atoms with van der Waals surface area (Å²) in [6, 6.07) is 0.0418. The Balaban J connectivity index is 0.000000956. The Bertz CT molecular complexity index is 788. The van der Waals surface area contributed by atoms with Crippen LogP contribution in [0.4, 0.5) is 0 Å². The molecule has 40 heavy (non-hydrogen) atoms. The molecule has 2 aliphatic heterocycles. The Kier molecular flexibility index (Phi) is 19.2. The maximum absolute atomic E-state index is 12.9. The van der Waals surface area contributed by atoms with Crippen molar-refractivity contribution in [1.29, 1.82) is 0 Å². The molecule has 0 radical (unpaired) electrons. The lowest BCUT2D eigenvalue weighted by Crippen LogP contribution is -2.47. The van der Waals surface area contributed by atoms with Gasteiger partial charge in [0.15, 0.2) is 0 Å². The van der Waals surface area contributed by atoms with Crippen molar-refractivity contribution >= 4 is 24.1 Å². The van der Waals surface area contributed by atoms with Crippen LogP contribution in [0.15, 0.2) is 11.6 Å². The quantitative estimate of drug-likeness (QED) is 0.310. The van der Waals surface area contributed by atoms with Gasteiger partial charge in [-0.2, -0.15) is 0 Å². The molecule has 2 saturated heterocycles. The summed E-state index contributed by atoms with van der Waals surface area (Å²) in [7, 11) is 1.65. The molecular weight excluding hydrogens is 506 g/mol. The summed E-state index contributed by atoms with van der Waals surface area (Å²) in [5, 5.41) is 5.14. The summed E-state index contributed by atoms with van der Waals surface area (Å²) in [4.78, 5) is 53.4. The highest BCUT2D eigenvalue weighted by atomic mass is 16.2. The first-order valence-corrected chi connectivity index (χ1v) is 15.2. The molecule has 2 rings (SSSR count). The van der Waals surface area contributed by atoms with Gasteiger partial charge in [-0.25, -0.2) is 0 Å². The second kappa shape index (κ2) is 20.5. The Morgan fingerprint density at radius 1 is 0.950 bits per heavy atom. The Morgan fingerprint density at radius 3 is 1.98 bits per heavy atom. The number of carbonyl (C=O) groups is 4. The van der Waals surface area contributed by atoms with Gasteiger partial charge in [-0.05, 0) is 78.3 Å². The monoisotopic (exact) mass is 565 g/mol. The van der Waals surface area contributed by atoms with E-state index in [0.717, 1.165) is 18.4 Å². The van der Waals surface area contributed by atoms with E-state index in [2.05, 4.69) is 50.2 Å². The van der Waals surface area contributed by atoms with E-state index in [4.69, 9.17) is 0 Å². The summed E-state index contributed by atoms with van der Waals surface area (Å²) in [6.07, 6.45) is 7.99. The normalized spacial score (nSPS) is 18.4. The fraction of sp³-hybridized carbons (Fsp3) is 0.806. The van der Waals surface area contributed by atoms with Crippen LogP contribution in [0.25, 0.3) is 0 Å². The topological polar surface area (TPSA) is 102 Å². The van der Waals surface area contributed by atoms with Gasteiger partial charge in [0.2, 0.25) is 24.1 Å². The second-order valence-corrected chi connectivity index (χ2v) is 12.1. The lowest BCUT2D eigenvalue weighted by Gasteiger charge is -2.30. The third-order valence-corrected chi connectivity index (χ3v) is 6.91. The molecule has 2 aliphatic rings. The minimum absolute atomic E-state index is 0.0793. The van der Waals surface area contributed by atoms with Gasteiger partial charge in [-0.1, -0.05) is 47.1 Å². The maximum Gasteiger partial charge on any atom is 0.249 e. The van der Waals surface area contributed by atoms with Crippen LogP contribution in [-0.4, -0.2) is 96.7 Å². The molecule has 4 amide bonds. The van der Waals surface area contributed by atoms with E-state index in [1.807, 2.05) is 20.8 Å². The molecule has 2 fully saturated rings. The Labute approximate surface area is 244 Å². The van der Waals surface area contributed by atoms with Gasteiger partial charge in [0.1, 0.15) is 6.04 Å². The molecule has 2 N–H and O–H groups in total. The highest BCUT2D eigenvalue weighted by molar-refractivity contribution is 5.97. The van der Waals surface area contributed by atoms with Gasteiger partial charge >= 0.3 is 0 Å². The van der Waals surface area contributed by atoms with Crippen molar-refractivity contribution in [2.24, 2.45) is 11.8 Å². The summed E-state index contributed by atoms with van der Waals surface area (Å²) in [6.45, 7) is 22.2. The van der Waals surface area contributed by atoms with Crippen molar-refractivity contribution in [2.75, 3.05) is 39.8 Å². The number of likely N-dealkylation sites (N-methyl/N-ethyl adjacent to an activating group) is 2. The SMILES string of the molecule is CC(C)C.CC(C)N1CCCCC1.CCNC(=O)[C@@H]1CCCN1C(=O)/C(C)=C/C(C(C)C)N(C)C(=O)CNC=O. The highest BCUT2D eigenvalue weighted by Gasteiger charge is 2.34. The smallest absolute Gasteiger partial charge is 0.249 e.